The molecule has 2 heterocycles. The first kappa shape index (κ1) is 18.1. The highest BCUT2D eigenvalue weighted by molar-refractivity contribution is 5.59. The Labute approximate surface area is 166 Å². The largest absolute Gasteiger partial charge is 0.340 e. The lowest BCUT2D eigenvalue weighted by molar-refractivity contribution is 0.776. The van der Waals surface area contributed by atoms with Crippen LogP contribution in [0.3, 0.4) is 0 Å². The van der Waals surface area contributed by atoms with Gasteiger partial charge in [-0.1, -0.05) is 55.5 Å². The van der Waals surface area contributed by atoms with Gasteiger partial charge in [-0.15, -0.1) is 0 Å². The molecule has 0 amide bonds. The molecule has 28 heavy (non-hydrogen) atoms. The molecule has 2 aromatic heterocycles. The van der Waals surface area contributed by atoms with Crippen LogP contribution >= 0.6 is 0 Å². The number of aromatic nitrogens is 2. The van der Waals surface area contributed by atoms with Gasteiger partial charge in [0.15, 0.2) is 0 Å². The number of benzene rings is 2. The fourth-order valence-electron chi connectivity index (χ4n) is 3.65. The minimum Gasteiger partial charge on any atom is -0.340 e. The first-order valence-electron chi connectivity index (χ1n) is 9.76. The number of nitrogens with one attached hydrogen (secondary N) is 1. The smallest absolute Gasteiger partial charge is 0.132 e. The summed E-state index contributed by atoms with van der Waals surface area (Å²) in [5.74, 6) is 1.25. The fourth-order valence-corrected chi connectivity index (χ4v) is 3.65. The second kappa shape index (κ2) is 8.13. The maximum Gasteiger partial charge on any atom is 0.132 e. The summed E-state index contributed by atoms with van der Waals surface area (Å²) >= 11 is 0. The summed E-state index contributed by atoms with van der Waals surface area (Å²) in [4.78, 5) is 4.54. The fraction of sp³-hybridized carbons (Fsp3) is 0.160. The van der Waals surface area contributed by atoms with E-state index < -0.39 is 0 Å². The number of anilines is 2. The molecular weight excluding hydrogens is 342 g/mol. The van der Waals surface area contributed by atoms with Gasteiger partial charge < -0.3 is 9.88 Å². The van der Waals surface area contributed by atoms with E-state index >= 15 is 0 Å². The first-order valence-corrected chi connectivity index (χ1v) is 9.76. The zero-order valence-electron chi connectivity index (χ0n) is 16.3. The number of aryl methyl sites for hydroxylation is 1. The van der Waals surface area contributed by atoms with Crippen molar-refractivity contribution < 1.29 is 0 Å². The van der Waals surface area contributed by atoms with Crippen LogP contribution in [0.4, 0.5) is 11.5 Å². The molecule has 0 saturated carbocycles. The molecule has 0 aliphatic rings. The Kier molecular flexibility index (Phi) is 5.24. The second-order valence-corrected chi connectivity index (χ2v) is 7.07. The zero-order valence-corrected chi connectivity index (χ0v) is 16.3. The molecule has 1 N–H and O–H groups in total. The van der Waals surface area contributed by atoms with Crippen LogP contribution in [-0.4, -0.2) is 9.55 Å². The number of hydrogen-bond acceptors (Lipinski definition) is 2. The van der Waals surface area contributed by atoms with Crippen LogP contribution in [0.1, 0.15) is 36.0 Å². The number of para-hydroxylation sites is 1. The molecule has 0 spiro atoms. The lowest BCUT2D eigenvalue weighted by atomic mass is 9.91. The quantitative estimate of drug-likeness (QED) is 0.423. The molecular formula is C25H25N3. The van der Waals surface area contributed by atoms with Crippen molar-refractivity contribution in [1.82, 2.24) is 9.55 Å². The van der Waals surface area contributed by atoms with Crippen LogP contribution in [0.25, 0.3) is 5.69 Å². The molecule has 0 saturated heterocycles. The summed E-state index contributed by atoms with van der Waals surface area (Å²) < 4.78 is 2.20. The van der Waals surface area contributed by atoms with Crippen molar-refractivity contribution in [1.29, 1.82) is 0 Å². The summed E-state index contributed by atoms with van der Waals surface area (Å²) in [5.41, 5.74) is 6.02. The van der Waals surface area contributed by atoms with Gasteiger partial charge in [-0.25, -0.2) is 4.98 Å². The van der Waals surface area contributed by atoms with E-state index in [0.29, 0.717) is 5.92 Å². The second-order valence-electron chi connectivity index (χ2n) is 7.07. The Balaban J connectivity index is 1.64. The average molecular weight is 367 g/mol. The van der Waals surface area contributed by atoms with Crippen molar-refractivity contribution in [2.75, 3.05) is 5.32 Å². The summed E-state index contributed by atoms with van der Waals surface area (Å²) in [7, 11) is 0. The highest BCUT2D eigenvalue weighted by Gasteiger charge is 2.14. The van der Waals surface area contributed by atoms with Crippen molar-refractivity contribution in [3.63, 3.8) is 0 Å². The van der Waals surface area contributed by atoms with E-state index in [1.807, 2.05) is 36.5 Å². The molecule has 4 aromatic rings. The monoisotopic (exact) mass is 367 g/mol. The predicted molar refractivity (Wildman–Crippen MR) is 117 cm³/mol. The highest BCUT2D eigenvalue weighted by Crippen LogP contribution is 2.29. The Bertz CT molecular complexity index is 1040. The topological polar surface area (TPSA) is 29.9 Å². The molecule has 1 atom stereocenters. The molecule has 0 radical (unpaired) electrons. The van der Waals surface area contributed by atoms with Gasteiger partial charge in [-0.3, -0.25) is 0 Å². The van der Waals surface area contributed by atoms with Crippen molar-refractivity contribution in [3.8, 4) is 5.69 Å². The zero-order chi connectivity index (χ0) is 19.3. The maximum absolute atomic E-state index is 4.54. The van der Waals surface area contributed by atoms with E-state index in [1.54, 1.807) is 0 Å². The Morgan fingerprint density at radius 2 is 1.64 bits per heavy atom. The van der Waals surface area contributed by atoms with Crippen LogP contribution < -0.4 is 5.32 Å². The van der Waals surface area contributed by atoms with E-state index in [2.05, 4.69) is 83.6 Å². The standard InChI is InChI=1S/C25H25N3/c1-3-23(20-10-6-4-7-11-20)21-14-15-28(18-21)24-16-25(26-17-19(24)2)27-22-12-8-5-9-13-22/h4-18,23H,3H2,1-2H3,(H,26,27). The van der Waals surface area contributed by atoms with Gasteiger partial charge in [-0.05, 0) is 48.2 Å². The Morgan fingerprint density at radius 1 is 0.929 bits per heavy atom. The summed E-state index contributed by atoms with van der Waals surface area (Å²) in [5, 5.41) is 3.38. The molecule has 4 rings (SSSR count). The molecule has 3 heteroatoms. The first-order chi connectivity index (χ1) is 13.7. The third-order valence-electron chi connectivity index (χ3n) is 5.13. The molecule has 0 bridgehead atoms. The highest BCUT2D eigenvalue weighted by atomic mass is 15.0. The normalized spacial score (nSPS) is 11.9. The summed E-state index contributed by atoms with van der Waals surface area (Å²) in [6, 6.07) is 25.2. The molecule has 0 aliphatic carbocycles. The van der Waals surface area contributed by atoms with Crippen molar-refractivity contribution in [3.05, 3.63) is 108 Å². The molecule has 2 aromatic carbocycles. The summed E-state index contributed by atoms with van der Waals surface area (Å²) in [6.45, 7) is 4.34. The van der Waals surface area contributed by atoms with E-state index in [0.717, 1.165) is 29.2 Å². The minimum atomic E-state index is 0.409. The van der Waals surface area contributed by atoms with Crippen molar-refractivity contribution in [2.45, 2.75) is 26.2 Å². The number of pyridine rings is 1. The predicted octanol–water partition coefficient (Wildman–Crippen LogP) is 6.47. The Hall–Kier alpha value is -3.33. The molecule has 0 aliphatic heterocycles. The molecule has 140 valence electrons. The molecule has 0 fully saturated rings. The van der Waals surface area contributed by atoms with Crippen molar-refractivity contribution >= 4 is 11.5 Å². The number of rotatable bonds is 6. The van der Waals surface area contributed by atoms with Crippen LogP contribution in [0.15, 0.2) is 91.4 Å². The van der Waals surface area contributed by atoms with E-state index in [4.69, 9.17) is 0 Å². The summed E-state index contributed by atoms with van der Waals surface area (Å²) in [6.07, 6.45) is 7.39. The number of nitrogens with zero attached hydrogens (tertiary/aromatic N) is 2. The van der Waals surface area contributed by atoms with Crippen LogP contribution in [0.5, 0.6) is 0 Å². The van der Waals surface area contributed by atoms with Crippen LogP contribution in [-0.2, 0) is 0 Å². The van der Waals surface area contributed by atoms with Gasteiger partial charge in [0.25, 0.3) is 0 Å². The Morgan fingerprint density at radius 3 is 2.36 bits per heavy atom. The van der Waals surface area contributed by atoms with E-state index in [-0.39, 0.29) is 0 Å². The van der Waals surface area contributed by atoms with Gasteiger partial charge in [0.05, 0.1) is 5.69 Å². The van der Waals surface area contributed by atoms with Crippen molar-refractivity contribution in [2.24, 2.45) is 0 Å². The third-order valence-corrected chi connectivity index (χ3v) is 5.13. The molecule has 3 nitrogen and oxygen atoms in total. The van der Waals surface area contributed by atoms with Gasteiger partial charge in [-0.2, -0.15) is 0 Å². The molecule has 1 unspecified atom stereocenters. The lowest BCUT2D eigenvalue weighted by Crippen LogP contribution is -2.01. The van der Waals surface area contributed by atoms with Gasteiger partial charge in [0.2, 0.25) is 0 Å². The lowest BCUT2D eigenvalue weighted by Gasteiger charge is -2.14. The average Bonchev–Trinajstić information content (AvgIpc) is 3.21. The van der Waals surface area contributed by atoms with Crippen LogP contribution in [0, 0.1) is 6.92 Å². The van der Waals surface area contributed by atoms with Gasteiger partial charge in [0, 0.05) is 36.3 Å². The van der Waals surface area contributed by atoms with Crippen LogP contribution in [0.2, 0.25) is 0 Å². The number of hydrogen-bond donors (Lipinski definition) is 1. The van der Waals surface area contributed by atoms with E-state index in [1.165, 1.54) is 11.1 Å². The maximum atomic E-state index is 4.54. The van der Waals surface area contributed by atoms with Gasteiger partial charge in [0.1, 0.15) is 5.82 Å². The SMILES string of the molecule is CCC(c1ccccc1)c1ccn(-c2cc(Nc3ccccc3)ncc2C)c1. The minimum absolute atomic E-state index is 0.409. The third kappa shape index (κ3) is 3.84. The van der Waals surface area contributed by atoms with Gasteiger partial charge >= 0.3 is 0 Å². The van der Waals surface area contributed by atoms with E-state index in [9.17, 15) is 0 Å².